The van der Waals surface area contributed by atoms with Gasteiger partial charge in [0.2, 0.25) is 0 Å². The smallest absolute Gasteiger partial charge is 0.191 e. The molecule has 0 aliphatic heterocycles. The molecule has 6 nitrogen and oxygen atoms in total. The summed E-state index contributed by atoms with van der Waals surface area (Å²) in [4.78, 5) is 4.58. The zero-order valence-corrected chi connectivity index (χ0v) is 14.1. The first-order valence-corrected chi connectivity index (χ1v) is 7.39. The van der Waals surface area contributed by atoms with Crippen LogP contribution in [-0.4, -0.2) is 46.5 Å². The van der Waals surface area contributed by atoms with Crippen LogP contribution in [0.4, 0.5) is 0 Å². The van der Waals surface area contributed by atoms with Gasteiger partial charge in [-0.1, -0.05) is 6.07 Å². The molecule has 0 saturated heterocycles. The van der Waals surface area contributed by atoms with Gasteiger partial charge in [0.1, 0.15) is 0 Å². The molecule has 1 unspecified atom stereocenters. The number of rotatable bonds is 8. The highest BCUT2D eigenvalue weighted by molar-refractivity contribution is 5.80. The molecule has 124 valence electrons. The van der Waals surface area contributed by atoms with E-state index in [1.165, 1.54) is 0 Å². The Kier molecular flexibility index (Phi) is 8.14. The van der Waals surface area contributed by atoms with E-state index in [1.54, 1.807) is 21.3 Å². The van der Waals surface area contributed by atoms with Crippen LogP contribution >= 0.6 is 0 Å². The van der Waals surface area contributed by atoms with E-state index in [0.29, 0.717) is 24.7 Å². The van der Waals surface area contributed by atoms with Gasteiger partial charge < -0.3 is 24.8 Å². The van der Waals surface area contributed by atoms with Gasteiger partial charge in [0, 0.05) is 19.7 Å². The summed E-state index contributed by atoms with van der Waals surface area (Å²) in [5, 5.41) is 6.52. The average molecular weight is 309 g/mol. The van der Waals surface area contributed by atoms with Crippen molar-refractivity contribution < 1.29 is 14.2 Å². The highest BCUT2D eigenvalue weighted by Gasteiger charge is 2.06. The van der Waals surface area contributed by atoms with Crippen molar-refractivity contribution in [2.75, 3.05) is 34.5 Å². The monoisotopic (exact) mass is 309 g/mol. The van der Waals surface area contributed by atoms with Crippen LogP contribution in [0.25, 0.3) is 0 Å². The number of hydrogen-bond acceptors (Lipinski definition) is 4. The summed E-state index contributed by atoms with van der Waals surface area (Å²) in [6, 6.07) is 5.99. The molecule has 0 fully saturated rings. The average Bonchev–Trinajstić information content (AvgIpc) is 2.52. The third-order valence-electron chi connectivity index (χ3n) is 3.01. The molecule has 1 aromatic rings. The number of aliphatic imine (C=N–C) groups is 1. The molecule has 1 rings (SSSR count). The molecular formula is C16H27N3O3. The Bertz CT molecular complexity index is 478. The Morgan fingerprint density at radius 2 is 1.91 bits per heavy atom. The van der Waals surface area contributed by atoms with Gasteiger partial charge in [-0.2, -0.15) is 0 Å². The molecule has 6 heteroatoms. The molecule has 1 aromatic carbocycles. The van der Waals surface area contributed by atoms with Gasteiger partial charge in [-0.3, -0.25) is 0 Å². The normalized spacial score (nSPS) is 12.7. The first-order chi connectivity index (χ1) is 10.6. The van der Waals surface area contributed by atoms with Crippen molar-refractivity contribution in [2.24, 2.45) is 4.99 Å². The third kappa shape index (κ3) is 5.81. The zero-order chi connectivity index (χ0) is 16.4. The lowest BCUT2D eigenvalue weighted by atomic mass is 10.2. The Hall–Kier alpha value is -1.95. The number of guanidine groups is 1. The summed E-state index contributed by atoms with van der Waals surface area (Å²) < 4.78 is 15.7. The van der Waals surface area contributed by atoms with Crippen molar-refractivity contribution >= 4 is 5.96 Å². The van der Waals surface area contributed by atoms with Crippen LogP contribution in [0.1, 0.15) is 19.4 Å². The fourth-order valence-electron chi connectivity index (χ4n) is 1.99. The number of benzene rings is 1. The molecule has 22 heavy (non-hydrogen) atoms. The van der Waals surface area contributed by atoms with Gasteiger partial charge in [-0.25, -0.2) is 4.99 Å². The van der Waals surface area contributed by atoms with Crippen molar-refractivity contribution in [1.29, 1.82) is 0 Å². The van der Waals surface area contributed by atoms with E-state index in [0.717, 1.165) is 18.1 Å². The summed E-state index contributed by atoms with van der Waals surface area (Å²) in [5.41, 5.74) is 1.05. The van der Waals surface area contributed by atoms with E-state index in [-0.39, 0.29) is 6.04 Å². The van der Waals surface area contributed by atoms with Gasteiger partial charge in [-0.15, -0.1) is 0 Å². The highest BCUT2D eigenvalue weighted by atomic mass is 16.5. The highest BCUT2D eigenvalue weighted by Crippen LogP contribution is 2.27. The molecule has 0 aromatic heterocycles. The fraction of sp³-hybridized carbons (Fsp3) is 0.562. The second-order valence-corrected chi connectivity index (χ2v) is 4.89. The summed E-state index contributed by atoms with van der Waals surface area (Å²) in [6.45, 7) is 6.06. The zero-order valence-electron chi connectivity index (χ0n) is 14.1. The minimum Gasteiger partial charge on any atom is -0.493 e. The van der Waals surface area contributed by atoms with Crippen LogP contribution in [0.3, 0.4) is 0 Å². The maximum Gasteiger partial charge on any atom is 0.191 e. The quantitative estimate of drug-likeness (QED) is 0.566. The Balaban J connectivity index is 2.76. The van der Waals surface area contributed by atoms with E-state index < -0.39 is 0 Å². The topological polar surface area (TPSA) is 64.1 Å². The van der Waals surface area contributed by atoms with Gasteiger partial charge >= 0.3 is 0 Å². The lowest BCUT2D eigenvalue weighted by molar-refractivity contribution is 0.179. The van der Waals surface area contributed by atoms with E-state index in [4.69, 9.17) is 14.2 Å². The second kappa shape index (κ2) is 9.89. The van der Waals surface area contributed by atoms with Crippen LogP contribution in [0.2, 0.25) is 0 Å². The van der Waals surface area contributed by atoms with Crippen LogP contribution in [-0.2, 0) is 11.3 Å². The number of ether oxygens (including phenoxy) is 3. The molecule has 0 saturated carbocycles. The van der Waals surface area contributed by atoms with Crippen molar-refractivity contribution in [3.8, 4) is 11.5 Å². The predicted octanol–water partition coefficient (Wildman–Crippen LogP) is 1.79. The summed E-state index contributed by atoms with van der Waals surface area (Å²) in [6.07, 6.45) is 0. The molecule has 0 aliphatic rings. The summed E-state index contributed by atoms with van der Waals surface area (Å²) in [5.74, 6) is 2.19. The third-order valence-corrected chi connectivity index (χ3v) is 3.01. The number of nitrogens with one attached hydrogen (secondary N) is 2. The lowest BCUT2D eigenvalue weighted by Gasteiger charge is -2.17. The number of nitrogens with zero attached hydrogens (tertiary/aromatic N) is 1. The van der Waals surface area contributed by atoms with Crippen molar-refractivity contribution in [3.05, 3.63) is 23.8 Å². The van der Waals surface area contributed by atoms with Crippen LogP contribution in [0.5, 0.6) is 11.5 Å². The fourth-order valence-corrected chi connectivity index (χ4v) is 1.99. The molecule has 0 amide bonds. The maximum atomic E-state index is 5.31. The molecule has 2 N–H and O–H groups in total. The summed E-state index contributed by atoms with van der Waals surface area (Å²) >= 11 is 0. The summed E-state index contributed by atoms with van der Waals surface area (Å²) in [7, 11) is 4.94. The van der Waals surface area contributed by atoms with Crippen molar-refractivity contribution in [3.63, 3.8) is 0 Å². The van der Waals surface area contributed by atoms with E-state index in [1.807, 2.05) is 32.0 Å². The molecular weight excluding hydrogens is 282 g/mol. The Labute approximate surface area is 132 Å². The largest absolute Gasteiger partial charge is 0.493 e. The van der Waals surface area contributed by atoms with Crippen molar-refractivity contribution in [2.45, 2.75) is 26.4 Å². The molecule has 0 aliphatic carbocycles. The van der Waals surface area contributed by atoms with E-state index in [9.17, 15) is 0 Å². The Morgan fingerprint density at radius 3 is 2.50 bits per heavy atom. The van der Waals surface area contributed by atoms with Crippen LogP contribution < -0.4 is 20.1 Å². The molecule has 0 spiro atoms. The SMILES string of the molecule is CCNC(=NCc1ccc(OC)c(OC)c1)NC(C)COC. The first-order valence-electron chi connectivity index (χ1n) is 7.39. The van der Waals surface area contributed by atoms with Gasteiger partial charge in [0.15, 0.2) is 17.5 Å². The first kappa shape index (κ1) is 18.1. The van der Waals surface area contributed by atoms with Gasteiger partial charge in [0.05, 0.1) is 27.4 Å². The molecule has 0 radical (unpaired) electrons. The second-order valence-electron chi connectivity index (χ2n) is 4.89. The standard InChI is InChI=1S/C16H27N3O3/c1-6-17-16(19-12(2)11-20-3)18-10-13-7-8-14(21-4)15(9-13)22-5/h7-9,12H,6,10-11H2,1-5H3,(H2,17,18,19). The number of hydrogen-bond donors (Lipinski definition) is 2. The van der Waals surface area contributed by atoms with Gasteiger partial charge in [-0.05, 0) is 31.5 Å². The number of methoxy groups -OCH3 is 3. The Morgan fingerprint density at radius 1 is 1.18 bits per heavy atom. The molecule has 1 atom stereocenters. The molecule has 0 bridgehead atoms. The maximum absolute atomic E-state index is 5.31. The minimum absolute atomic E-state index is 0.188. The van der Waals surface area contributed by atoms with Crippen molar-refractivity contribution in [1.82, 2.24) is 10.6 Å². The van der Waals surface area contributed by atoms with E-state index >= 15 is 0 Å². The predicted molar refractivity (Wildman–Crippen MR) is 88.8 cm³/mol. The lowest BCUT2D eigenvalue weighted by Crippen LogP contribution is -2.43. The van der Waals surface area contributed by atoms with Crippen LogP contribution in [0.15, 0.2) is 23.2 Å². The van der Waals surface area contributed by atoms with E-state index in [2.05, 4.69) is 15.6 Å². The minimum atomic E-state index is 0.188. The molecule has 0 heterocycles. The van der Waals surface area contributed by atoms with Crippen LogP contribution in [0, 0.1) is 0 Å². The van der Waals surface area contributed by atoms with Gasteiger partial charge in [0.25, 0.3) is 0 Å².